The molecule has 0 bridgehead atoms. The molecule has 0 N–H and O–H groups in total. The van der Waals surface area contributed by atoms with E-state index in [1.54, 1.807) is 18.2 Å². The topological polar surface area (TPSA) is 76.6 Å². The summed E-state index contributed by atoms with van der Waals surface area (Å²) in [5, 5.41) is 0. The number of benzene rings is 1. The molecule has 1 aliphatic heterocycles. The van der Waals surface area contributed by atoms with Crippen molar-refractivity contribution in [1.29, 1.82) is 0 Å². The summed E-state index contributed by atoms with van der Waals surface area (Å²) >= 11 is 0. The molecule has 0 amide bonds. The molecule has 114 valence electrons. The molecule has 1 saturated heterocycles. The third kappa shape index (κ3) is 2.24. The number of allylic oxidation sites excluding steroid dienone is 2. The number of carbonyl (C=O) groups is 3. The standard InChI is InChI=1S/C17H11NO5/c19-12-9-11(18-6-7-18)16(20)10-3-1-4-13(15(10)12)23-17(21)14-5-2-8-22-14/h1-5,8-9H,6-7H2. The molecule has 6 heteroatoms. The van der Waals surface area contributed by atoms with Crippen LogP contribution in [-0.2, 0) is 0 Å². The van der Waals surface area contributed by atoms with E-state index < -0.39 is 5.97 Å². The van der Waals surface area contributed by atoms with Gasteiger partial charge in [-0.15, -0.1) is 0 Å². The van der Waals surface area contributed by atoms with E-state index in [0.717, 1.165) is 13.1 Å². The van der Waals surface area contributed by atoms with Gasteiger partial charge in [-0.25, -0.2) is 4.79 Å². The van der Waals surface area contributed by atoms with E-state index in [0.29, 0.717) is 5.70 Å². The minimum Gasteiger partial charge on any atom is -0.457 e. The summed E-state index contributed by atoms with van der Waals surface area (Å²) in [7, 11) is 0. The van der Waals surface area contributed by atoms with Crippen LogP contribution in [0.1, 0.15) is 31.3 Å². The molecule has 0 radical (unpaired) electrons. The lowest BCUT2D eigenvalue weighted by Gasteiger charge is -2.18. The molecule has 1 aliphatic carbocycles. The van der Waals surface area contributed by atoms with Crippen LogP contribution in [0.2, 0.25) is 0 Å². The molecule has 0 unspecified atom stereocenters. The van der Waals surface area contributed by atoms with Crippen LogP contribution in [0.15, 0.2) is 52.8 Å². The maximum atomic E-state index is 12.5. The van der Waals surface area contributed by atoms with E-state index in [2.05, 4.69) is 0 Å². The second-order valence-electron chi connectivity index (χ2n) is 5.26. The van der Waals surface area contributed by atoms with E-state index in [9.17, 15) is 14.4 Å². The lowest BCUT2D eigenvalue weighted by Crippen LogP contribution is -2.22. The van der Waals surface area contributed by atoms with Crippen molar-refractivity contribution < 1.29 is 23.5 Å². The maximum Gasteiger partial charge on any atom is 0.379 e. The molecule has 6 nitrogen and oxygen atoms in total. The van der Waals surface area contributed by atoms with Gasteiger partial charge in [0.1, 0.15) is 5.75 Å². The second-order valence-corrected chi connectivity index (χ2v) is 5.26. The molecule has 2 heterocycles. The maximum absolute atomic E-state index is 12.5. The highest BCUT2D eigenvalue weighted by Crippen LogP contribution is 2.32. The molecular weight excluding hydrogens is 298 g/mol. The Labute approximate surface area is 130 Å². The highest BCUT2D eigenvalue weighted by atomic mass is 16.5. The van der Waals surface area contributed by atoms with Crippen molar-refractivity contribution >= 4 is 17.5 Å². The Balaban J connectivity index is 1.72. The Morgan fingerprint density at radius 2 is 1.96 bits per heavy atom. The second kappa shape index (κ2) is 4.95. The Morgan fingerprint density at radius 3 is 2.65 bits per heavy atom. The van der Waals surface area contributed by atoms with Gasteiger partial charge in [-0.1, -0.05) is 6.07 Å². The fourth-order valence-electron chi connectivity index (χ4n) is 2.53. The van der Waals surface area contributed by atoms with Crippen LogP contribution in [-0.4, -0.2) is 35.5 Å². The Hall–Kier alpha value is -3.15. The zero-order chi connectivity index (χ0) is 16.0. The molecule has 1 aromatic heterocycles. The fraction of sp³-hybridized carbons (Fsp3) is 0.118. The largest absolute Gasteiger partial charge is 0.457 e. The molecule has 1 fully saturated rings. The minimum absolute atomic E-state index is 0.0255. The third-order valence-electron chi connectivity index (χ3n) is 3.73. The van der Waals surface area contributed by atoms with Crippen molar-refractivity contribution in [2.75, 3.05) is 13.1 Å². The Bertz CT molecular complexity index is 859. The molecule has 1 aromatic carbocycles. The predicted octanol–water partition coefficient (Wildman–Crippen LogP) is 2.08. The fourth-order valence-corrected chi connectivity index (χ4v) is 2.53. The summed E-state index contributed by atoms with van der Waals surface area (Å²) in [6.07, 6.45) is 2.66. The number of furan rings is 1. The Kier molecular flexibility index (Phi) is 2.90. The van der Waals surface area contributed by atoms with Crippen LogP contribution in [0.5, 0.6) is 5.75 Å². The zero-order valence-corrected chi connectivity index (χ0v) is 11.9. The quantitative estimate of drug-likeness (QED) is 0.491. The van der Waals surface area contributed by atoms with E-state index in [-0.39, 0.29) is 34.2 Å². The van der Waals surface area contributed by atoms with Crippen LogP contribution >= 0.6 is 0 Å². The SMILES string of the molecule is O=C(Oc1cccc2c1C(=O)C=C(N1CC1)C2=O)c1ccco1. The van der Waals surface area contributed by atoms with Gasteiger partial charge >= 0.3 is 5.97 Å². The van der Waals surface area contributed by atoms with Gasteiger partial charge in [-0.2, -0.15) is 0 Å². The van der Waals surface area contributed by atoms with Crippen LogP contribution in [0, 0.1) is 0 Å². The highest BCUT2D eigenvalue weighted by molar-refractivity contribution is 6.25. The van der Waals surface area contributed by atoms with Crippen molar-refractivity contribution in [3.63, 3.8) is 0 Å². The van der Waals surface area contributed by atoms with Crippen LogP contribution in [0.3, 0.4) is 0 Å². The average Bonchev–Trinajstić information content (AvgIpc) is 3.23. The van der Waals surface area contributed by atoms with Gasteiger partial charge < -0.3 is 14.1 Å². The van der Waals surface area contributed by atoms with E-state index in [4.69, 9.17) is 9.15 Å². The molecule has 4 rings (SSSR count). The predicted molar refractivity (Wildman–Crippen MR) is 78.4 cm³/mol. The smallest absolute Gasteiger partial charge is 0.379 e. The number of ether oxygens (including phenoxy) is 1. The highest BCUT2D eigenvalue weighted by Gasteiger charge is 2.35. The van der Waals surface area contributed by atoms with Crippen molar-refractivity contribution in [3.8, 4) is 5.75 Å². The summed E-state index contributed by atoms with van der Waals surface area (Å²) in [6, 6.07) is 7.66. The number of esters is 1. The van der Waals surface area contributed by atoms with E-state index >= 15 is 0 Å². The first kappa shape index (κ1) is 13.5. The number of hydrogen-bond donors (Lipinski definition) is 0. The normalized spacial score (nSPS) is 16.0. The molecule has 23 heavy (non-hydrogen) atoms. The number of nitrogens with zero attached hydrogens (tertiary/aromatic N) is 1. The monoisotopic (exact) mass is 309 g/mol. The first-order chi connectivity index (χ1) is 11.1. The van der Waals surface area contributed by atoms with Crippen molar-refractivity contribution in [3.05, 3.63) is 65.3 Å². The molecule has 0 spiro atoms. The van der Waals surface area contributed by atoms with Crippen LogP contribution in [0.4, 0.5) is 0 Å². The van der Waals surface area contributed by atoms with Gasteiger partial charge in [0.15, 0.2) is 5.78 Å². The van der Waals surface area contributed by atoms with Crippen molar-refractivity contribution in [2.24, 2.45) is 0 Å². The van der Waals surface area contributed by atoms with Crippen LogP contribution < -0.4 is 4.74 Å². The third-order valence-corrected chi connectivity index (χ3v) is 3.73. The summed E-state index contributed by atoms with van der Waals surface area (Å²) in [5.41, 5.74) is 0.768. The average molecular weight is 309 g/mol. The first-order valence-electron chi connectivity index (χ1n) is 7.09. The number of Topliss-reactive ketones (excluding diaryl/α,β-unsaturated/α-hetero) is 1. The molecule has 0 saturated carbocycles. The summed E-state index contributed by atoms with van der Waals surface area (Å²) in [4.78, 5) is 38.7. The van der Waals surface area contributed by atoms with E-state index in [1.807, 2.05) is 4.90 Å². The minimum atomic E-state index is -0.718. The Morgan fingerprint density at radius 1 is 1.13 bits per heavy atom. The lowest BCUT2D eigenvalue weighted by atomic mass is 9.92. The van der Waals surface area contributed by atoms with E-state index in [1.165, 1.54) is 24.5 Å². The van der Waals surface area contributed by atoms with Gasteiger partial charge in [0.05, 0.1) is 17.5 Å². The molecule has 0 atom stereocenters. The van der Waals surface area contributed by atoms with Crippen molar-refractivity contribution in [1.82, 2.24) is 4.90 Å². The number of ketones is 2. The van der Waals surface area contributed by atoms with Gasteiger partial charge in [-0.3, -0.25) is 9.59 Å². The molecule has 2 aromatic rings. The number of rotatable bonds is 3. The summed E-state index contributed by atoms with van der Waals surface area (Å²) in [5.74, 6) is -1.21. The zero-order valence-electron chi connectivity index (χ0n) is 11.9. The lowest BCUT2D eigenvalue weighted by molar-refractivity contribution is 0.0698. The first-order valence-corrected chi connectivity index (χ1v) is 7.09. The van der Waals surface area contributed by atoms with Gasteiger partial charge in [0.25, 0.3) is 0 Å². The number of hydrogen-bond acceptors (Lipinski definition) is 6. The molecular formula is C17H11NO5. The van der Waals surface area contributed by atoms with Crippen molar-refractivity contribution in [2.45, 2.75) is 0 Å². The number of carbonyl (C=O) groups excluding carboxylic acids is 3. The number of fused-ring (bicyclic) bond motifs is 1. The van der Waals surface area contributed by atoms with Crippen LogP contribution in [0.25, 0.3) is 0 Å². The summed E-state index contributed by atoms with van der Waals surface area (Å²) < 4.78 is 10.2. The van der Waals surface area contributed by atoms with Gasteiger partial charge in [-0.05, 0) is 24.3 Å². The van der Waals surface area contributed by atoms with Gasteiger partial charge in [0, 0.05) is 24.7 Å². The molecule has 2 aliphatic rings. The van der Waals surface area contributed by atoms with Gasteiger partial charge in [0.2, 0.25) is 11.5 Å². The summed E-state index contributed by atoms with van der Waals surface area (Å²) in [6.45, 7) is 1.54.